The van der Waals surface area contributed by atoms with Crippen molar-refractivity contribution in [1.29, 1.82) is 0 Å². The number of amides is 1. The van der Waals surface area contributed by atoms with Crippen LogP contribution in [-0.2, 0) is 32.5 Å². The number of aliphatic carboxylic acids is 1. The van der Waals surface area contributed by atoms with Gasteiger partial charge in [-0.1, -0.05) is 44.2 Å². The van der Waals surface area contributed by atoms with Gasteiger partial charge in [0.05, 0.1) is 34.9 Å². The number of nitrogens with zero attached hydrogens (tertiary/aromatic N) is 1. The quantitative estimate of drug-likeness (QED) is 0.260. The summed E-state index contributed by atoms with van der Waals surface area (Å²) in [5.74, 6) is -2.42. The number of sulfonamides is 1. The van der Waals surface area contributed by atoms with Crippen molar-refractivity contribution in [1.82, 2.24) is 9.71 Å². The highest BCUT2D eigenvalue weighted by molar-refractivity contribution is 7.90. The molecule has 0 unspecified atom stereocenters. The predicted molar refractivity (Wildman–Crippen MR) is 160 cm³/mol. The van der Waals surface area contributed by atoms with E-state index in [1.165, 1.54) is 30.3 Å². The molecule has 1 heterocycles. The number of aryl methyl sites for hydroxylation is 1. The third-order valence-electron chi connectivity index (χ3n) is 7.25. The number of aromatic nitrogens is 1. The molecule has 1 aliphatic rings. The van der Waals surface area contributed by atoms with E-state index in [1.807, 2.05) is 18.6 Å². The van der Waals surface area contributed by atoms with Gasteiger partial charge in [-0.25, -0.2) is 17.5 Å². The molecule has 4 rings (SSSR count). The Balaban J connectivity index is 1.96. The number of halogens is 1. The van der Waals surface area contributed by atoms with Crippen molar-refractivity contribution < 1.29 is 37.7 Å². The summed E-state index contributed by atoms with van der Waals surface area (Å²) in [5, 5.41) is 29.6. The van der Waals surface area contributed by atoms with Gasteiger partial charge in [0.2, 0.25) is 5.91 Å². The summed E-state index contributed by atoms with van der Waals surface area (Å²) in [6, 6.07) is 10.7. The standard InChI is InChI=1S/C32H35FN2O7S/c1-18(2)31-27(14-12-23(37)15-24(38)16-29(39)40)30(21-7-10-22(33)11-8-21)26-6-4-5-20-9-13-25(17-28(20)32(26)34-31)43(41,42)35-19(3)36/h7-14,17-18,23-24,37-38H,4-6,15-16H2,1-3H3,(H,35,36)(H,39,40)/b14-12+/t23-,24-/m1/s1. The Kier molecular flexibility index (Phi) is 9.79. The molecule has 228 valence electrons. The Morgan fingerprint density at radius 2 is 1.79 bits per heavy atom. The normalized spacial score (nSPS) is 14.6. The fourth-order valence-corrected chi connectivity index (χ4v) is 6.41. The molecule has 0 radical (unpaired) electrons. The molecular weight excluding hydrogens is 575 g/mol. The number of carbonyl (C=O) groups is 2. The summed E-state index contributed by atoms with van der Waals surface area (Å²) in [6.45, 7) is 5.02. The van der Waals surface area contributed by atoms with E-state index < -0.39 is 46.3 Å². The first-order valence-corrected chi connectivity index (χ1v) is 15.5. The van der Waals surface area contributed by atoms with Gasteiger partial charge in [0.25, 0.3) is 10.0 Å². The van der Waals surface area contributed by atoms with Crippen LogP contribution in [0.15, 0.2) is 53.4 Å². The number of hydrogen-bond donors (Lipinski definition) is 4. The van der Waals surface area contributed by atoms with Crippen LogP contribution < -0.4 is 4.72 Å². The highest BCUT2D eigenvalue weighted by Gasteiger charge is 2.27. The van der Waals surface area contributed by atoms with Gasteiger partial charge in [0, 0.05) is 24.5 Å². The number of aliphatic hydroxyl groups is 2. The maximum atomic E-state index is 14.0. The minimum atomic E-state index is -4.11. The number of nitrogens with one attached hydrogen (secondary N) is 1. The second-order valence-corrected chi connectivity index (χ2v) is 12.7. The van der Waals surface area contributed by atoms with E-state index in [-0.39, 0.29) is 17.2 Å². The summed E-state index contributed by atoms with van der Waals surface area (Å²) in [7, 11) is -4.11. The van der Waals surface area contributed by atoms with Gasteiger partial charge in [-0.3, -0.25) is 14.6 Å². The van der Waals surface area contributed by atoms with Crippen LogP contribution in [0.4, 0.5) is 4.39 Å². The molecule has 3 aromatic rings. The first-order chi connectivity index (χ1) is 20.3. The molecule has 43 heavy (non-hydrogen) atoms. The van der Waals surface area contributed by atoms with E-state index in [2.05, 4.69) is 0 Å². The van der Waals surface area contributed by atoms with E-state index in [4.69, 9.17) is 10.1 Å². The van der Waals surface area contributed by atoms with E-state index in [0.29, 0.717) is 40.9 Å². The van der Waals surface area contributed by atoms with Crippen molar-refractivity contribution in [3.8, 4) is 22.4 Å². The van der Waals surface area contributed by atoms with Gasteiger partial charge < -0.3 is 15.3 Å². The second-order valence-electron chi connectivity index (χ2n) is 11.0. The van der Waals surface area contributed by atoms with Gasteiger partial charge >= 0.3 is 5.97 Å². The van der Waals surface area contributed by atoms with Gasteiger partial charge in [-0.05, 0) is 71.7 Å². The molecule has 0 fully saturated rings. The minimum absolute atomic E-state index is 0.0717. The molecular formula is C32H35FN2O7S. The molecule has 0 bridgehead atoms. The largest absolute Gasteiger partial charge is 0.481 e. The Labute approximate surface area is 250 Å². The lowest BCUT2D eigenvalue weighted by Gasteiger charge is -2.22. The number of benzene rings is 2. The van der Waals surface area contributed by atoms with Gasteiger partial charge in [-0.2, -0.15) is 0 Å². The molecule has 2 atom stereocenters. The third kappa shape index (κ3) is 7.54. The van der Waals surface area contributed by atoms with Crippen LogP contribution in [0.1, 0.15) is 68.3 Å². The SMILES string of the molecule is CC(=O)NS(=O)(=O)c1ccc2c(c1)-c1nc(C(C)C)c(/C=C/[C@@H](O)C[C@@H](O)CC(=O)O)c(-c3ccc(F)cc3)c1CCC2. The van der Waals surface area contributed by atoms with Crippen molar-refractivity contribution in [2.45, 2.75) is 75.9 Å². The zero-order chi connectivity index (χ0) is 31.5. The van der Waals surface area contributed by atoms with Crippen LogP contribution in [-0.4, -0.2) is 52.8 Å². The molecule has 1 aliphatic carbocycles. The molecule has 0 spiro atoms. The Hall–Kier alpha value is -3.93. The van der Waals surface area contributed by atoms with Crippen LogP contribution in [0.5, 0.6) is 0 Å². The smallest absolute Gasteiger partial charge is 0.305 e. The van der Waals surface area contributed by atoms with E-state index >= 15 is 0 Å². The summed E-state index contributed by atoms with van der Waals surface area (Å²) in [6.07, 6.45) is 2.08. The first-order valence-electron chi connectivity index (χ1n) is 14.0. The maximum absolute atomic E-state index is 14.0. The van der Waals surface area contributed by atoms with Crippen LogP contribution in [0.25, 0.3) is 28.5 Å². The fourth-order valence-electron chi connectivity index (χ4n) is 5.39. The lowest BCUT2D eigenvalue weighted by Crippen LogP contribution is -2.28. The van der Waals surface area contributed by atoms with Crippen LogP contribution in [0.2, 0.25) is 0 Å². The highest BCUT2D eigenvalue weighted by atomic mass is 32.2. The molecule has 0 aliphatic heterocycles. The second kappa shape index (κ2) is 13.2. The molecule has 1 amide bonds. The Morgan fingerprint density at radius 3 is 2.42 bits per heavy atom. The summed E-state index contributed by atoms with van der Waals surface area (Å²) >= 11 is 0. The highest BCUT2D eigenvalue weighted by Crippen LogP contribution is 2.42. The number of carboxylic acid groups (broad SMARTS) is 1. The average Bonchev–Trinajstić information content (AvgIpc) is 3.09. The van der Waals surface area contributed by atoms with Crippen LogP contribution in [0, 0.1) is 5.82 Å². The Morgan fingerprint density at radius 1 is 1.09 bits per heavy atom. The first kappa shape index (κ1) is 32.0. The monoisotopic (exact) mass is 610 g/mol. The fraction of sp³-hybridized carbons (Fsp3) is 0.344. The molecule has 2 aromatic carbocycles. The van der Waals surface area contributed by atoms with Gasteiger partial charge in [0.1, 0.15) is 5.82 Å². The molecule has 1 aromatic heterocycles. The average molecular weight is 611 g/mol. The van der Waals surface area contributed by atoms with Crippen molar-refractivity contribution in [2.75, 3.05) is 0 Å². The zero-order valence-corrected chi connectivity index (χ0v) is 25.0. The van der Waals surface area contributed by atoms with Crippen LogP contribution >= 0.6 is 0 Å². The number of rotatable bonds is 10. The molecule has 0 saturated carbocycles. The number of fused-ring (bicyclic) bond motifs is 3. The van der Waals surface area contributed by atoms with Gasteiger partial charge in [0.15, 0.2) is 0 Å². The topological polar surface area (TPSA) is 154 Å². The minimum Gasteiger partial charge on any atom is -0.481 e. The molecule has 0 saturated heterocycles. The van der Waals surface area contributed by atoms with Crippen molar-refractivity contribution in [3.05, 3.63) is 76.7 Å². The van der Waals surface area contributed by atoms with E-state index in [0.717, 1.165) is 30.0 Å². The number of carboxylic acids is 1. The summed E-state index contributed by atoms with van der Waals surface area (Å²) < 4.78 is 41.8. The van der Waals surface area contributed by atoms with Crippen molar-refractivity contribution >= 4 is 28.0 Å². The van der Waals surface area contributed by atoms with E-state index in [1.54, 1.807) is 24.3 Å². The van der Waals surface area contributed by atoms with Crippen molar-refractivity contribution in [3.63, 3.8) is 0 Å². The number of aliphatic hydroxyl groups excluding tert-OH is 2. The number of pyridine rings is 1. The third-order valence-corrected chi connectivity index (χ3v) is 8.68. The van der Waals surface area contributed by atoms with Crippen LogP contribution in [0.3, 0.4) is 0 Å². The summed E-state index contributed by atoms with van der Waals surface area (Å²) in [4.78, 5) is 27.5. The Bertz CT molecular complexity index is 1670. The number of hydrogen-bond acceptors (Lipinski definition) is 7. The molecule has 4 N–H and O–H groups in total. The molecule has 9 nitrogen and oxygen atoms in total. The lowest BCUT2D eigenvalue weighted by molar-refractivity contribution is -0.139. The van der Waals surface area contributed by atoms with Crippen molar-refractivity contribution in [2.24, 2.45) is 0 Å². The van der Waals surface area contributed by atoms with E-state index in [9.17, 15) is 32.6 Å². The number of carbonyl (C=O) groups excluding carboxylic acids is 1. The molecule has 11 heteroatoms. The lowest BCUT2D eigenvalue weighted by atomic mass is 9.86. The summed E-state index contributed by atoms with van der Waals surface area (Å²) in [5.41, 5.74) is 5.72. The zero-order valence-electron chi connectivity index (χ0n) is 24.2. The van der Waals surface area contributed by atoms with Gasteiger partial charge in [-0.15, -0.1) is 0 Å². The predicted octanol–water partition coefficient (Wildman–Crippen LogP) is 4.59. The maximum Gasteiger partial charge on any atom is 0.305 e.